The molecule has 2 nitrogen and oxygen atoms in total. The Morgan fingerprint density at radius 3 is 2.37 bits per heavy atom. The van der Waals surface area contributed by atoms with Crippen LogP contribution in [-0.4, -0.2) is 24.5 Å². The normalized spacial score (nSPS) is 13.2. The number of hydrogen-bond donors (Lipinski definition) is 1. The van der Waals surface area contributed by atoms with E-state index in [4.69, 9.17) is 5.73 Å². The van der Waals surface area contributed by atoms with Crippen molar-refractivity contribution in [2.75, 3.05) is 19.6 Å². The van der Waals surface area contributed by atoms with E-state index in [1.165, 1.54) is 18.9 Å². The summed E-state index contributed by atoms with van der Waals surface area (Å²) in [6.07, 6.45) is 2.35. The summed E-state index contributed by atoms with van der Waals surface area (Å²) in [6, 6.07) is 6.93. The van der Waals surface area contributed by atoms with Gasteiger partial charge in [-0.3, -0.25) is 4.90 Å². The lowest BCUT2D eigenvalue weighted by atomic mass is 9.99. The van der Waals surface area contributed by atoms with Gasteiger partial charge in [-0.25, -0.2) is 4.39 Å². The minimum Gasteiger partial charge on any atom is -0.329 e. The SMILES string of the molecule is CCC(CC)CN(CC)C(CN)c1cccc(F)c1. The summed E-state index contributed by atoms with van der Waals surface area (Å²) in [5.41, 5.74) is 6.91. The number of halogens is 1. The molecule has 108 valence electrons. The van der Waals surface area contributed by atoms with Crippen molar-refractivity contribution in [3.8, 4) is 0 Å². The molecular weight excluding hydrogens is 239 g/mol. The maximum Gasteiger partial charge on any atom is 0.123 e. The molecule has 0 bridgehead atoms. The maximum absolute atomic E-state index is 13.4. The van der Waals surface area contributed by atoms with Gasteiger partial charge in [0.2, 0.25) is 0 Å². The molecule has 19 heavy (non-hydrogen) atoms. The van der Waals surface area contributed by atoms with Crippen molar-refractivity contribution in [3.05, 3.63) is 35.6 Å². The molecule has 0 aliphatic carbocycles. The van der Waals surface area contributed by atoms with E-state index < -0.39 is 0 Å². The van der Waals surface area contributed by atoms with E-state index >= 15 is 0 Å². The van der Waals surface area contributed by atoms with Gasteiger partial charge in [0, 0.05) is 19.1 Å². The smallest absolute Gasteiger partial charge is 0.123 e. The fraction of sp³-hybridized carbons (Fsp3) is 0.625. The third kappa shape index (κ3) is 4.59. The minimum atomic E-state index is -0.186. The second kappa shape index (κ2) is 8.28. The number of likely N-dealkylation sites (N-methyl/N-ethyl adjacent to an activating group) is 1. The summed E-state index contributed by atoms with van der Waals surface area (Å²) in [7, 11) is 0. The summed E-state index contributed by atoms with van der Waals surface area (Å²) < 4.78 is 13.4. The minimum absolute atomic E-state index is 0.112. The molecule has 0 amide bonds. The molecule has 1 unspecified atom stereocenters. The van der Waals surface area contributed by atoms with Crippen molar-refractivity contribution in [1.29, 1.82) is 0 Å². The Morgan fingerprint density at radius 1 is 1.21 bits per heavy atom. The molecule has 1 aromatic carbocycles. The Labute approximate surface area is 116 Å². The highest BCUT2D eigenvalue weighted by Gasteiger charge is 2.20. The number of nitrogens with zero attached hydrogens (tertiary/aromatic N) is 1. The molecule has 0 aromatic heterocycles. The van der Waals surface area contributed by atoms with E-state index in [0.29, 0.717) is 12.5 Å². The fourth-order valence-electron chi connectivity index (χ4n) is 2.57. The van der Waals surface area contributed by atoms with E-state index in [0.717, 1.165) is 18.7 Å². The van der Waals surface area contributed by atoms with Crippen LogP contribution in [0.2, 0.25) is 0 Å². The molecule has 1 atom stereocenters. The van der Waals surface area contributed by atoms with Gasteiger partial charge in [0.05, 0.1) is 0 Å². The third-order valence-electron chi connectivity index (χ3n) is 3.95. The van der Waals surface area contributed by atoms with Crippen LogP contribution >= 0.6 is 0 Å². The van der Waals surface area contributed by atoms with E-state index in [9.17, 15) is 4.39 Å². The lowest BCUT2D eigenvalue weighted by Gasteiger charge is -2.33. The van der Waals surface area contributed by atoms with Gasteiger partial charge in [-0.2, -0.15) is 0 Å². The molecule has 0 spiro atoms. The monoisotopic (exact) mass is 266 g/mol. The van der Waals surface area contributed by atoms with Crippen LogP contribution in [-0.2, 0) is 0 Å². The Bertz CT molecular complexity index is 364. The highest BCUT2D eigenvalue weighted by molar-refractivity contribution is 5.20. The van der Waals surface area contributed by atoms with Gasteiger partial charge in [0.25, 0.3) is 0 Å². The molecule has 0 saturated carbocycles. The second-order valence-corrected chi connectivity index (χ2v) is 5.08. The van der Waals surface area contributed by atoms with Crippen LogP contribution in [0.3, 0.4) is 0 Å². The van der Waals surface area contributed by atoms with E-state index in [2.05, 4.69) is 25.7 Å². The number of benzene rings is 1. The third-order valence-corrected chi connectivity index (χ3v) is 3.95. The van der Waals surface area contributed by atoms with Gasteiger partial charge >= 0.3 is 0 Å². The highest BCUT2D eigenvalue weighted by Crippen LogP contribution is 2.23. The van der Waals surface area contributed by atoms with Gasteiger partial charge in [-0.15, -0.1) is 0 Å². The highest BCUT2D eigenvalue weighted by atomic mass is 19.1. The zero-order chi connectivity index (χ0) is 14.3. The predicted molar refractivity (Wildman–Crippen MR) is 79.5 cm³/mol. The molecule has 0 aliphatic rings. The maximum atomic E-state index is 13.4. The Morgan fingerprint density at radius 2 is 1.89 bits per heavy atom. The Hall–Kier alpha value is -0.930. The molecule has 1 rings (SSSR count). The topological polar surface area (TPSA) is 29.3 Å². The van der Waals surface area contributed by atoms with Crippen molar-refractivity contribution >= 4 is 0 Å². The molecular formula is C16H27FN2. The van der Waals surface area contributed by atoms with E-state index in [-0.39, 0.29) is 11.9 Å². The number of hydrogen-bond acceptors (Lipinski definition) is 2. The van der Waals surface area contributed by atoms with Crippen molar-refractivity contribution < 1.29 is 4.39 Å². The molecule has 3 heteroatoms. The summed E-state index contributed by atoms with van der Waals surface area (Å²) in [6.45, 7) is 9.09. The van der Waals surface area contributed by atoms with Crippen molar-refractivity contribution in [1.82, 2.24) is 4.90 Å². The van der Waals surface area contributed by atoms with Crippen molar-refractivity contribution in [2.24, 2.45) is 11.7 Å². The average Bonchev–Trinajstić information content (AvgIpc) is 2.43. The number of rotatable bonds is 8. The van der Waals surface area contributed by atoms with Crippen LogP contribution in [0.1, 0.15) is 45.2 Å². The molecule has 0 aliphatic heterocycles. The molecule has 0 radical (unpaired) electrons. The zero-order valence-electron chi connectivity index (χ0n) is 12.4. The molecule has 0 saturated heterocycles. The van der Waals surface area contributed by atoms with Crippen molar-refractivity contribution in [3.63, 3.8) is 0 Å². The lowest BCUT2D eigenvalue weighted by molar-refractivity contribution is 0.174. The summed E-state index contributed by atoms with van der Waals surface area (Å²) in [5.74, 6) is 0.497. The Balaban J connectivity index is 2.86. The van der Waals surface area contributed by atoms with E-state index in [1.807, 2.05) is 6.07 Å². The summed E-state index contributed by atoms with van der Waals surface area (Å²) in [4.78, 5) is 2.37. The first-order valence-electron chi connectivity index (χ1n) is 7.35. The molecule has 0 heterocycles. The van der Waals surface area contributed by atoms with Crippen LogP contribution < -0.4 is 5.73 Å². The van der Waals surface area contributed by atoms with Crippen LogP contribution in [0, 0.1) is 11.7 Å². The second-order valence-electron chi connectivity index (χ2n) is 5.08. The van der Waals surface area contributed by atoms with Gasteiger partial charge < -0.3 is 5.73 Å². The van der Waals surface area contributed by atoms with Crippen LogP contribution in [0.15, 0.2) is 24.3 Å². The lowest BCUT2D eigenvalue weighted by Crippen LogP contribution is -2.37. The zero-order valence-corrected chi connectivity index (χ0v) is 12.4. The quantitative estimate of drug-likeness (QED) is 0.779. The van der Waals surface area contributed by atoms with Gasteiger partial charge in [-0.05, 0) is 30.2 Å². The predicted octanol–water partition coefficient (Wildman–Crippen LogP) is 3.58. The summed E-state index contributed by atoms with van der Waals surface area (Å²) >= 11 is 0. The first-order valence-corrected chi connectivity index (χ1v) is 7.35. The molecule has 2 N–H and O–H groups in total. The van der Waals surface area contributed by atoms with Gasteiger partial charge in [-0.1, -0.05) is 45.7 Å². The first-order chi connectivity index (χ1) is 9.15. The van der Waals surface area contributed by atoms with Crippen LogP contribution in [0.4, 0.5) is 4.39 Å². The number of nitrogens with two attached hydrogens (primary N) is 1. The van der Waals surface area contributed by atoms with Gasteiger partial charge in [0.1, 0.15) is 5.82 Å². The standard InChI is InChI=1S/C16H27FN2/c1-4-13(5-2)12-19(6-3)16(11-18)14-8-7-9-15(17)10-14/h7-10,13,16H,4-6,11-12,18H2,1-3H3. The molecule has 1 aromatic rings. The average molecular weight is 266 g/mol. The Kier molecular flexibility index (Phi) is 7.03. The van der Waals surface area contributed by atoms with Crippen LogP contribution in [0.5, 0.6) is 0 Å². The molecule has 0 fully saturated rings. The van der Waals surface area contributed by atoms with Gasteiger partial charge in [0.15, 0.2) is 0 Å². The van der Waals surface area contributed by atoms with Crippen LogP contribution in [0.25, 0.3) is 0 Å². The summed E-state index contributed by atoms with van der Waals surface area (Å²) in [5, 5.41) is 0. The fourth-order valence-corrected chi connectivity index (χ4v) is 2.57. The van der Waals surface area contributed by atoms with E-state index in [1.54, 1.807) is 12.1 Å². The largest absolute Gasteiger partial charge is 0.329 e. The van der Waals surface area contributed by atoms with Crippen molar-refractivity contribution in [2.45, 2.75) is 39.7 Å². The first kappa shape index (κ1) is 16.1.